The number of ketones is 1. The Morgan fingerprint density at radius 3 is 2.60 bits per heavy atom. The van der Waals surface area contributed by atoms with Crippen LogP contribution < -0.4 is 0 Å². The number of benzene rings is 1. The Balaban J connectivity index is 3.11. The summed E-state index contributed by atoms with van der Waals surface area (Å²) in [7, 11) is 1.24. The van der Waals surface area contributed by atoms with Crippen LogP contribution in [0, 0.1) is 0 Å². The van der Waals surface area contributed by atoms with Gasteiger partial charge in [0.25, 0.3) is 0 Å². The number of ether oxygens (including phenoxy) is 1. The summed E-state index contributed by atoms with van der Waals surface area (Å²) in [6.45, 7) is 1.42. The molecule has 0 aliphatic heterocycles. The van der Waals surface area contributed by atoms with Gasteiger partial charge in [-0.15, -0.1) is 0 Å². The van der Waals surface area contributed by atoms with Crippen LogP contribution in [-0.4, -0.2) is 24.0 Å². The second-order valence-corrected chi connectivity index (χ2v) is 3.18. The number of methoxy groups -OCH3 is 1. The van der Waals surface area contributed by atoms with E-state index >= 15 is 0 Å². The van der Waals surface area contributed by atoms with Gasteiger partial charge in [-0.3, -0.25) is 4.79 Å². The first-order valence-corrected chi connectivity index (χ1v) is 4.45. The Labute approximate surface area is 87.5 Å². The largest absolute Gasteiger partial charge is 0.507 e. The van der Waals surface area contributed by atoms with Crippen LogP contribution in [0.15, 0.2) is 18.2 Å². The van der Waals surface area contributed by atoms with Crippen LogP contribution in [0.25, 0.3) is 0 Å². The number of hydrogen-bond acceptors (Lipinski definition) is 4. The fraction of sp³-hybridized carbons (Fsp3) is 0.273. The first-order chi connectivity index (χ1) is 7.06. The molecule has 0 unspecified atom stereocenters. The third-order valence-electron chi connectivity index (χ3n) is 1.96. The van der Waals surface area contributed by atoms with Gasteiger partial charge < -0.3 is 9.84 Å². The summed E-state index contributed by atoms with van der Waals surface area (Å²) >= 11 is 0. The molecule has 1 aromatic carbocycles. The molecule has 0 radical (unpaired) electrons. The average Bonchev–Trinajstić information content (AvgIpc) is 2.19. The summed E-state index contributed by atoms with van der Waals surface area (Å²) in [6.07, 6.45) is 0.108. The number of rotatable bonds is 3. The molecule has 1 aromatic rings. The van der Waals surface area contributed by atoms with Crippen LogP contribution in [0.4, 0.5) is 0 Å². The van der Waals surface area contributed by atoms with Crippen LogP contribution in [0.3, 0.4) is 0 Å². The molecule has 0 aromatic heterocycles. The molecule has 0 saturated heterocycles. The van der Waals surface area contributed by atoms with E-state index in [0.717, 1.165) is 0 Å². The predicted molar refractivity (Wildman–Crippen MR) is 53.8 cm³/mol. The molecule has 80 valence electrons. The molecule has 0 aliphatic carbocycles. The highest BCUT2D eigenvalue weighted by Crippen LogP contribution is 2.23. The molecule has 1 rings (SSSR count). The molecule has 0 aliphatic rings. The van der Waals surface area contributed by atoms with Crippen molar-refractivity contribution in [1.29, 1.82) is 0 Å². The number of carbonyl (C=O) groups excluding carboxylic acids is 2. The Morgan fingerprint density at radius 1 is 1.40 bits per heavy atom. The summed E-state index contributed by atoms with van der Waals surface area (Å²) in [5.74, 6) is -0.871. The molecule has 0 saturated carbocycles. The van der Waals surface area contributed by atoms with Gasteiger partial charge in [-0.2, -0.15) is 0 Å². The van der Waals surface area contributed by atoms with Gasteiger partial charge in [-0.05, 0) is 13.0 Å². The highest BCUT2D eigenvalue weighted by Gasteiger charge is 2.14. The van der Waals surface area contributed by atoms with Crippen LogP contribution in [0.1, 0.15) is 22.8 Å². The Morgan fingerprint density at radius 2 is 2.07 bits per heavy atom. The standard InChI is InChI=1S/C11H12O4/c1-7(12)6-8-4-3-5-9(10(8)13)11(14)15-2/h3-5,13H,6H2,1-2H3. The summed E-state index contributed by atoms with van der Waals surface area (Å²) < 4.78 is 4.49. The topological polar surface area (TPSA) is 63.6 Å². The third kappa shape index (κ3) is 2.56. The van der Waals surface area contributed by atoms with E-state index in [1.807, 2.05) is 0 Å². The Hall–Kier alpha value is -1.84. The third-order valence-corrected chi connectivity index (χ3v) is 1.96. The van der Waals surface area contributed by atoms with Crippen LogP contribution in [0.2, 0.25) is 0 Å². The van der Waals surface area contributed by atoms with Crippen molar-refractivity contribution in [3.63, 3.8) is 0 Å². The Kier molecular flexibility index (Phi) is 3.44. The lowest BCUT2D eigenvalue weighted by molar-refractivity contribution is -0.116. The maximum atomic E-state index is 11.2. The summed E-state index contributed by atoms with van der Waals surface area (Å²) in [6, 6.07) is 4.65. The summed E-state index contributed by atoms with van der Waals surface area (Å²) in [5.41, 5.74) is 0.515. The van der Waals surface area contributed by atoms with E-state index < -0.39 is 5.97 Å². The maximum Gasteiger partial charge on any atom is 0.341 e. The number of Topliss-reactive ketones (excluding diaryl/α,β-unsaturated/α-hetero) is 1. The van der Waals surface area contributed by atoms with E-state index in [9.17, 15) is 14.7 Å². The van der Waals surface area contributed by atoms with Crippen molar-refractivity contribution in [1.82, 2.24) is 0 Å². The van der Waals surface area contributed by atoms with Gasteiger partial charge in [-0.25, -0.2) is 4.79 Å². The molecule has 0 atom stereocenters. The zero-order chi connectivity index (χ0) is 11.4. The second kappa shape index (κ2) is 4.59. The lowest BCUT2D eigenvalue weighted by Gasteiger charge is -2.06. The molecule has 0 bridgehead atoms. The van der Waals surface area contributed by atoms with Crippen LogP contribution in [0.5, 0.6) is 5.75 Å². The average molecular weight is 208 g/mol. The molecule has 1 N–H and O–H groups in total. The van der Waals surface area contributed by atoms with E-state index in [1.54, 1.807) is 12.1 Å². The Bertz CT molecular complexity index is 396. The lowest BCUT2D eigenvalue weighted by Crippen LogP contribution is -2.04. The first kappa shape index (κ1) is 11.2. The van der Waals surface area contributed by atoms with Crippen LogP contribution in [-0.2, 0) is 16.0 Å². The lowest BCUT2D eigenvalue weighted by atomic mass is 10.0. The van der Waals surface area contributed by atoms with Gasteiger partial charge in [0.2, 0.25) is 0 Å². The monoisotopic (exact) mass is 208 g/mol. The van der Waals surface area contributed by atoms with Crippen molar-refractivity contribution in [2.24, 2.45) is 0 Å². The SMILES string of the molecule is COC(=O)c1cccc(CC(C)=O)c1O. The minimum Gasteiger partial charge on any atom is -0.507 e. The van der Waals surface area contributed by atoms with E-state index in [2.05, 4.69) is 4.74 Å². The van der Waals surface area contributed by atoms with Crippen molar-refractivity contribution in [3.8, 4) is 5.75 Å². The predicted octanol–water partition coefficient (Wildman–Crippen LogP) is 1.31. The normalized spacial score (nSPS) is 9.73. The molecule has 15 heavy (non-hydrogen) atoms. The van der Waals surface area contributed by atoms with Gasteiger partial charge in [-0.1, -0.05) is 12.1 Å². The molecule has 0 heterocycles. The van der Waals surface area contributed by atoms with E-state index in [4.69, 9.17) is 0 Å². The quantitative estimate of drug-likeness (QED) is 0.760. The molecular formula is C11H12O4. The minimum absolute atomic E-state index is 0.0766. The van der Waals surface area contributed by atoms with Crippen molar-refractivity contribution >= 4 is 11.8 Å². The van der Waals surface area contributed by atoms with E-state index in [1.165, 1.54) is 20.1 Å². The molecule has 0 fully saturated rings. The number of hydrogen-bond donors (Lipinski definition) is 1. The van der Waals surface area contributed by atoms with Crippen molar-refractivity contribution in [2.75, 3.05) is 7.11 Å². The number of aromatic hydroxyl groups is 1. The number of phenols is 1. The zero-order valence-electron chi connectivity index (χ0n) is 8.61. The second-order valence-electron chi connectivity index (χ2n) is 3.18. The van der Waals surface area contributed by atoms with Crippen molar-refractivity contribution in [3.05, 3.63) is 29.3 Å². The van der Waals surface area contributed by atoms with Gasteiger partial charge in [0.1, 0.15) is 17.1 Å². The smallest absolute Gasteiger partial charge is 0.341 e. The van der Waals surface area contributed by atoms with Crippen molar-refractivity contribution in [2.45, 2.75) is 13.3 Å². The number of phenolic OH excluding ortho intramolecular Hbond substituents is 1. The first-order valence-electron chi connectivity index (χ1n) is 4.45. The minimum atomic E-state index is -0.613. The summed E-state index contributed by atoms with van der Waals surface area (Å²) in [4.78, 5) is 22.1. The fourth-order valence-corrected chi connectivity index (χ4v) is 1.28. The highest BCUT2D eigenvalue weighted by molar-refractivity contribution is 5.93. The van der Waals surface area contributed by atoms with Gasteiger partial charge in [0.15, 0.2) is 0 Å². The van der Waals surface area contributed by atoms with E-state index in [-0.39, 0.29) is 23.5 Å². The molecular weight excluding hydrogens is 196 g/mol. The van der Waals surface area contributed by atoms with E-state index in [0.29, 0.717) is 5.56 Å². The van der Waals surface area contributed by atoms with Crippen LogP contribution >= 0.6 is 0 Å². The fourth-order valence-electron chi connectivity index (χ4n) is 1.28. The summed E-state index contributed by atoms with van der Waals surface area (Å²) in [5, 5.41) is 9.69. The zero-order valence-corrected chi connectivity index (χ0v) is 8.61. The number of para-hydroxylation sites is 1. The van der Waals surface area contributed by atoms with Gasteiger partial charge >= 0.3 is 5.97 Å². The van der Waals surface area contributed by atoms with Crippen molar-refractivity contribution < 1.29 is 19.4 Å². The highest BCUT2D eigenvalue weighted by atomic mass is 16.5. The number of carbonyl (C=O) groups is 2. The molecule has 0 spiro atoms. The number of esters is 1. The molecule has 4 nitrogen and oxygen atoms in total. The van der Waals surface area contributed by atoms with Gasteiger partial charge in [0.05, 0.1) is 7.11 Å². The maximum absolute atomic E-state index is 11.2. The van der Waals surface area contributed by atoms with Gasteiger partial charge in [0, 0.05) is 12.0 Å². The molecule has 4 heteroatoms. The molecule has 0 amide bonds.